The van der Waals surface area contributed by atoms with Crippen LogP contribution in [0.4, 0.5) is 0 Å². The van der Waals surface area contributed by atoms with E-state index in [1.165, 1.54) is 6.07 Å². The minimum atomic E-state index is -3.63. The molecule has 1 fully saturated rings. The summed E-state index contributed by atoms with van der Waals surface area (Å²) in [4.78, 5) is 0.187. The van der Waals surface area contributed by atoms with Gasteiger partial charge < -0.3 is 14.4 Å². The molecule has 1 aromatic rings. The Morgan fingerprint density at radius 2 is 2.24 bits per heavy atom. The lowest BCUT2D eigenvalue weighted by Crippen LogP contribution is -2.51. The molecular weight excluding hydrogens is 292 g/mol. The zero-order valence-corrected chi connectivity index (χ0v) is 13.6. The monoisotopic (exact) mass is 316 g/mol. The van der Waals surface area contributed by atoms with Gasteiger partial charge >= 0.3 is 0 Å². The average Bonchev–Trinajstić information content (AvgIpc) is 2.83. The molecule has 0 saturated carbocycles. The van der Waals surface area contributed by atoms with Gasteiger partial charge in [-0.05, 0) is 39.7 Å². The van der Waals surface area contributed by atoms with Crippen LogP contribution in [0.15, 0.2) is 17.2 Å². The molecule has 0 radical (unpaired) electrons. The van der Waals surface area contributed by atoms with E-state index in [1.54, 1.807) is 10.8 Å². The molecule has 1 saturated heterocycles. The van der Waals surface area contributed by atoms with Crippen molar-refractivity contribution >= 4 is 10.0 Å². The highest BCUT2D eigenvalue weighted by Crippen LogP contribution is 2.24. The molecule has 2 heterocycles. The second-order valence-electron chi connectivity index (χ2n) is 6.15. The van der Waals surface area contributed by atoms with Crippen molar-refractivity contribution in [2.45, 2.75) is 56.7 Å². The topological polar surface area (TPSA) is 80.6 Å². The van der Waals surface area contributed by atoms with Crippen molar-refractivity contribution in [3.8, 4) is 0 Å². The number of nitrogens with one attached hydrogen (secondary N) is 1. The Hall–Kier alpha value is -0.890. The number of aromatic nitrogens is 1. The molecule has 0 aliphatic carbocycles. The fourth-order valence-electron chi connectivity index (χ4n) is 2.65. The number of aliphatic hydroxyl groups is 1. The van der Waals surface area contributed by atoms with Gasteiger partial charge in [-0.3, -0.25) is 0 Å². The molecule has 120 valence electrons. The number of hydrogen-bond acceptors (Lipinski definition) is 4. The molecule has 6 nitrogen and oxygen atoms in total. The lowest BCUT2D eigenvalue weighted by molar-refractivity contribution is 0.0386. The SMILES string of the molecule is CC(C)n1cc(S(=O)(=O)NC2(C)CCCOC2)cc1CO. The Morgan fingerprint density at radius 3 is 2.71 bits per heavy atom. The first-order valence-corrected chi connectivity index (χ1v) is 8.69. The van der Waals surface area contributed by atoms with E-state index >= 15 is 0 Å². The Balaban J connectivity index is 2.27. The summed E-state index contributed by atoms with van der Waals surface area (Å²) < 4.78 is 35.0. The summed E-state index contributed by atoms with van der Waals surface area (Å²) in [5.41, 5.74) is 0.0200. The number of nitrogens with zero attached hydrogens (tertiary/aromatic N) is 1. The molecule has 0 amide bonds. The molecule has 0 spiro atoms. The van der Waals surface area contributed by atoms with E-state index < -0.39 is 15.6 Å². The highest BCUT2D eigenvalue weighted by atomic mass is 32.2. The Labute approximate surface area is 126 Å². The smallest absolute Gasteiger partial charge is 0.242 e. The van der Waals surface area contributed by atoms with Crippen LogP contribution in [-0.2, 0) is 21.4 Å². The van der Waals surface area contributed by atoms with Crippen LogP contribution in [0.1, 0.15) is 45.3 Å². The van der Waals surface area contributed by atoms with E-state index in [4.69, 9.17) is 4.74 Å². The second-order valence-corrected chi connectivity index (χ2v) is 7.83. The zero-order valence-electron chi connectivity index (χ0n) is 12.8. The van der Waals surface area contributed by atoms with Crippen LogP contribution in [0.3, 0.4) is 0 Å². The largest absolute Gasteiger partial charge is 0.390 e. The molecule has 1 atom stereocenters. The van der Waals surface area contributed by atoms with Crippen molar-refractivity contribution in [2.24, 2.45) is 0 Å². The molecule has 2 rings (SSSR count). The highest BCUT2D eigenvalue weighted by Gasteiger charge is 2.33. The fraction of sp³-hybridized carbons (Fsp3) is 0.714. The van der Waals surface area contributed by atoms with Crippen molar-refractivity contribution in [2.75, 3.05) is 13.2 Å². The third-order valence-electron chi connectivity index (χ3n) is 3.75. The predicted octanol–water partition coefficient (Wildman–Crippen LogP) is 1.41. The predicted molar refractivity (Wildman–Crippen MR) is 79.5 cm³/mol. The normalized spacial score (nSPS) is 23.7. The van der Waals surface area contributed by atoms with Gasteiger partial charge in [0.15, 0.2) is 0 Å². The quantitative estimate of drug-likeness (QED) is 0.860. The first kappa shape index (κ1) is 16.5. The van der Waals surface area contributed by atoms with Crippen molar-refractivity contribution in [1.82, 2.24) is 9.29 Å². The summed E-state index contributed by atoms with van der Waals surface area (Å²) in [6, 6.07) is 1.61. The Bertz CT molecular complexity index is 586. The van der Waals surface area contributed by atoms with Gasteiger partial charge in [-0.2, -0.15) is 0 Å². The molecule has 7 heteroatoms. The van der Waals surface area contributed by atoms with E-state index in [1.807, 2.05) is 20.8 Å². The summed E-state index contributed by atoms with van der Waals surface area (Å²) in [6.45, 7) is 6.61. The molecule has 1 aliphatic rings. The van der Waals surface area contributed by atoms with Gasteiger partial charge in [-0.1, -0.05) is 0 Å². The van der Waals surface area contributed by atoms with Gasteiger partial charge in [0.1, 0.15) is 4.90 Å². The van der Waals surface area contributed by atoms with Crippen LogP contribution in [0, 0.1) is 0 Å². The second kappa shape index (κ2) is 6.08. The maximum Gasteiger partial charge on any atom is 0.242 e. The van der Waals surface area contributed by atoms with Crippen LogP contribution < -0.4 is 4.72 Å². The first-order chi connectivity index (χ1) is 9.77. The van der Waals surface area contributed by atoms with E-state index in [-0.39, 0.29) is 17.5 Å². The lowest BCUT2D eigenvalue weighted by Gasteiger charge is -2.33. The standard InChI is InChI=1S/C14H24N2O4S/c1-11(2)16-8-13(7-12(16)9-17)21(18,19)15-14(3)5-4-6-20-10-14/h7-8,11,15,17H,4-6,9-10H2,1-3H3. The number of rotatable bonds is 5. The minimum Gasteiger partial charge on any atom is -0.390 e. The Morgan fingerprint density at radius 1 is 1.52 bits per heavy atom. The number of aliphatic hydroxyl groups excluding tert-OH is 1. The van der Waals surface area contributed by atoms with Crippen molar-refractivity contribution < 1.29 is 18.3 Å². The zero-order chi connectivity index (χ0) is 15.7. The summed E-state index contributed by atoms with van der Waals surface area (Å²) in [5.74, 6) is 0. The van der Waals surface area contributed by atoms with E-state index in [0.29, 0.717) is 18.9 Å². The van der Waals surface area contributed by atoms with Crippen molar-refractivity contribution in [1.29, 1.82) is 0 Å². The molecular formula is C14H24N2O4S. The number of sulfonamides is 1. The van der Waals surface area contributed by atoms with Crippen molar-refractivity contribution in [3.05, 3.63) is 18.0 Å². The van der Waals surface area contributed by atoms with E-state index in [9.17, 15) is 13.5 Å². The first-order valence-electron chi connectivity index (χ1n) is 7.21. The van der Waals surface area contributed by atoms with Gasteiger partial charge in [-0.25, -0.2) is 13.1 Å². The highest BCUT2D eigenvalue weighted by molar-refractivity contribution is 7.89. The molecule has 21 heavy (non-hydrogen) atoms. The number of ether oxygens (including phenoxy) is 1. The van der Waals surface area contributed by atoms with Gasteiger partial charge in [-0.15, -0.1) is 0 Å². The fourth-order valence-corrected chi connectivity index (χ4v) is 4.12. The van der Waals surface area contributed by atoms with E-state index in [2.05, 4.69) is 4.72 Å². The summed E-state index contributed by atoms with van der Waals surface area (Å²) in [7, 11) is -3.63. The summed E-state index contributed by atoms with van der Waals surface area (Å²) >= 11 is 0. The molecule has 0 aromatic carbocycles. The molecule has 2 N–H and O–H groups in total. The molecule has 1 unspecified atom stereocenters. The molecule has 1 aliphatic heterocycles. The maximum atomic E-state index is 12.5. The number of hydrogen-bond donors (Lipinski definition) is 2. The maximum absolute atomic E-state index is 12.5. The summed E-state index contributed by atoms with van der Waals surface area (Å²) in [6.07, 6.45) is 3.17. The molecule has 0 bridgehead atoms. The van der Waals surface area contributed by atoms with Crippen LogP contribution in [-0.4, -0.2) is 36.8 Å². The van der Waals surface area contributed by atoms with Crippen LogP contribution in [0.5, 0.6) is 0 Å². The van der Waals surface area contributed by atoms with Gasteiger partial charge in [0.25, 0.3) is 0 Å². The van der Waals surface area contributed by atoms with Crippen LogP contribution in [0.25, 0.3) is 0 Å². The van der Waals surface area contributed by atoms with Crippen LogP contribution in [0.2, 0.25) is 0 Å². The van der Waals surface area contributed by atoms with Gasteiger partial charge in [0, 0.05) is 24.5 Å². The van der Waals surface area contributed by atoms with Gasteiger partial charge in [0.2, 0.25) is 10.0 Å². The van der Waals surface area contributed by atoms with Crippen LogP contribution >= 0.6 is 0 Å². The average molecular weight is 316 g/mol. The van der Waals surface area contributed by atoms with E-state index in [0.717, 1.165) is 12.8 Å². The van der Waals surface area contributed by atoms with Crippen molar-refractivity contribution in [3.63, 3.8) is 0 Å². The third kappa shape index (κ3) is 3.66. The third-order valence-corrected chi connectivity index (χ3v) is 5.36. The summed E-state index contributed by atoms with van der Waals surface area (Å²) in [5, 5.41) is 9.36. The minimum absolute atomic E-state index is 0.0877. The molecule has 1 aromatic heterocycles. The lowest BCUT2D eigenvalue weighted by atomic mass is 9.97. The Kier molecular flexibility index (Phi) is 4.77. The van der Waals surface area contributed by atoms with Gasteiger partial charge in [0.05, 0.1) is 18.8 Å².